The van der Waals surface area contributed by atoms with Gasteiger partial charge in [0.1, 0.15) is 5.56 Å². The van der Waals surface area contributed by atoms with E-state index in [0.29, 0.717) is 0 Å². The summed E-state index contributed by atoms with van der Waals surface area (Å²) in [5.41, 5.74) is 1.22. The van der Waals surface area contributed by atoms with E-state index < -0.39 is 11.5 Å². The molecule has 0 saturated carbocycles. The number of aromatic nitrogens is 2. The zero-order chi connectivity index (χ0) is 8.27. The first-order valence-corrected chi connectivity index (χ1v) is 2.80. The summed E-state index contributed by atoms with van der Waals surface area (Å²) < 4.78 is 0. The van der Waals surface area contributed by atoms with Gasteiger partial charge in [-0.05, 0) is 6.07 Å². The standard InChI is InChI=1S/C5H6N4O2/c6-8-4(10)3-1-2-7-9-5(3)11/h1-2H,6H2,(H,8,10)(H,9,11). The van der Waals surface area contributed by atoms with E-state index in [4.69, 9.17) is 5.84 Å². The number of nitrogens with one attached hydrogen (secondary N) is 2. The number of amides is 1. The van der Waals surface area contributed by atoms with Crippen molar-refractivity contribution in [2.75, 3.05) is 0 Å². The molecule has 1 rings (SSSR count). The zero-order valence-electron chi connectivity index (χ0n) is 5.50. The van der Waals surface area contributed by atoms with Crippen molar-refractivity contribution in [2.45, 2.75) is 0 Å². The first-order valence-electron chi connectivity index (χ1n) is 2.80. The summed E-state index contributed by atoms with van der Waals surface area (Å²) in [5.74, 6) is 4.17. The maximum absolute atomic E-state index is 10.8. The maximum atomic E-state index is 10.8. The number of rotatable bonds is 1. The smallest absolute Gasteiger partial charge is 0.277 e. The highest BCUT2D eigenvalue weighted by molar-refractivity contribution is 5.93. The number of nitrogens with two attached hydrogens (primary N) is 1. The molecule has 1 amide bonds. The van der Waals surface area contributed by atoms with E-state index in [1.165, 1.54) is 12.3 Å². The lowest BCUT2D eigenvalue weighted by molar-refractivity contribution is 0.0952. The quantitative estimate of drug-likeness (QED) is 0.257. The van der Waals surface area contributed by atoms with Gasteiger partial charge in [-0.2, -0.15) is 5.10 Å². The molecule has 0 saturated heterocycles. The Labute approximate surface area is 61.4 Å². The second-order valence-electron chi connectivity index (χ2n) is 1.77. The first kappa shape index (κ1) is 7.42. The summed E-state index contributed by atoms with van der Waals surface area (Å²) in [4.78, 5) is 21.5. The SMILES string of the molecule is NNC(=O)c1ccn[nH]c1=O. The lowest BCUT2D eigenvalue weighted by Crippen LogP contribution is -2.34. The number of aromatic amines is 1. The number of carbonyl (C=O) groups is 1. The van der Waals surface area contributed by atoms with E-state index in [1.54, 1.807) is 0 Å². The summed E-state index contributed by atoms with van der Waals surface area (Å²) in [7, 11) is 0. The van der Waals surface area contributed by atoms with Crippen molar-refractivity contribution in [3.8, 4) is 0 Å². The normalized spacial score (nSPS) is 9.18. The minimum absolute atomic E-state index is 0.0532. The van der Waals surface area contributed by atoms with Gasteiger partial charge in [-0.1, -0.05) is 0 Å². The Balaban J connectivity index is 3.14. The maximum Gasteiger partial charge on any atom is 0.277 e. The molecule has 0 aliphatic heterocycles. The molecule has 0 aliphatic rings. The molecule has 11 heavy (non-hydrogen) atoms. The van der Waals surface area contributed by atoms with Gasteiger partial charge < -0.3 is 0 Å². The molecular weight excluding hydrogens is 148 g/mol. The van der Waals surface area contributed by atoms with Gasteiger partial charge in [0.2, 0.25) is 0 Å². The molecule has 0 spiro atoms. The van der Waals surface area contributed by atoms with Gasteiger partial charge in [-0.25, -0.2) is 10.9 Å². The lowest BCUT2D eigenvalue weighted by atomic mass is 10.3. The van der Waals surface area contributed by atoms with Crippen LogP contribution in [0.15, 0.2) is 17.1 Å². The topological polar surface area (TPSA) is 101 Å². The summed E-state index contributed by atoms with van der Waals surface area (Å²) >= 11 is 0. The van der Waals surface area contributed by atoms with Crippen molar-refractivity contribution in [2.24, 2.45) is 5.84 Å². The summed E-state index contributed by atoms with van der Waals surface area (Å²) in [6.45, 7) is 0. The molecule has 6 heteroatoms. The van der Waals surface area contributed by atoms with Crippen LogP contribution in [-0.4, -0.2) is 16.1 Å². The van der Waals surface area contributed by atoms with Gasteiger partial charge in [0.25, 0.3) is 11.5 Å². The minimum Gasteiger partial charge on any atom is -0.290 e. The molecule has 0 unspecified atom stereocenters. The van der Waals surface area contributed by atoms with Gasteiger partial charge in [0.05, 0.1) is 0 Å². The largest absolute Gasteiger partial charge is 0.290 e. The highest BCUT2D eigenvalue weighted by atomic mass is 16.2. The molecule has 0 atom stereocenters. The lowest BCUT2D eigenvalue weighted by Gasteiger charge is -1.94. The predicted octanol–water partition coefficient (Wildman–Crippen LogP) is -1.63. The highest BCUT2D eigenvalue weighted by Crippen LogP contribution is 1.84. The molecule has 1 aromatic rings. The van der Waals surface area contributed by atoms with E-state index in [1.807, 2.05) is 5.43 Å². The molecule has 1 aromatic heterocycles. The Morgan fingerprint density at radius 1 is 1.73 bits per heavy atom. The van der Waals surface area contributed by atoms with Crippen LogP contribution in [0, 0.1) is 0 Å². The summed E-state index contributed by atoms with van der Waals surface area (Å²) in [6, 6.07) is 1.28. The van der Waals surface area contributed by atoms with Gasteiger partial charge in [-0.15, -0.1) is 0 Å². The number of nitrogens with zero attached hydrogens (tertiary/aromatic N) is 1. The molecule has 0 aromatic carbocycles. The van der Waals surface area contributed by atoms with Gasteiger partial charge >= 0.3 is 0 Å². The van der Waals surface area contributed by atoms with E-state index >= 15 is 0 Å². The number of hydrogen-bond acceptors (Lipinski definition) is 4. The van der Waals surface area contributed by atoms with Crippen LogP contribution >= 0.6 is 0 Å². The van der Waals surface area contributed by atoms with Crippen LogP contribution in [0.3, 0.4) is 0 Å². The van der Waals surface area contributed by atoms with Crippen molar-refractivity contribution < 1.29 is 4.79 Å². The van der Waals surface area contributed by atoms with Gasteiger partial charge in [0, 0.05) is 6.20 Å². The van der Waals surface area contributed by atoms with Crippen LogP contribution < -0.4 is 16.8 Å². The average molecular weight is 154 g/mol. The number of hydrazine groups is 1. The van der Waals surface area contributed by atoms with Crippen LogP contribution in [0.25, 0.3) is 0 Å². The second kappa shape index (κ2) is 2.93. The van der Waals surface area contributed by atoms with E-state index in [0.717, 1.165) is 0 Å². The summed E-state index contributed by atoms with van der Waals surface area (Å²) in [6.07, 6.45) is 1.30. The molecule has 0 aliphatic carbocycles. The van der Waals surface area contributed by atoms with E-state index in [-0.39, 0.29) is 5.56 Å². The van der Waals surface area contributed by atoms with Crippen molar-refractivity contribution in [1.82, 2.24) is 15.6 Å². The number of carbonyl (C=O) groups excluding carboxylic acids is 1. The van der Waals surface area contributed by atoms with Crippen molar-refractivity contribution >= 4 is 5.91 Å². The third-order valence-electron chi connectivity index (χ3n) is 1.10. The molecular formula is C5H6N4O2. The van der Waals surface area contributed by atoms with Crippen LogP contribution in [0.5, 0.6) is 0 Å². The third kappa shape index (κ3) is 1.41. The third-order valence-corrected chi connectivity index (χ3v) is 1.10. The first-order chi connectivity index (χ1) is 5.25. The Kier molecular flexibility index (Phi) is 1.98. The van der Waals surface area contributed by atoms with Crippen LogP contribution in [0.1, 0.15) is 10.4 Å². The number of hydrogen-bond donors (Lipinski definition) is 3. The Bertz CT molecular complexity index is 318. The zero-order valence-corrected chi connectivity index (χ0v) is 5.50. The van der Waals surface area contributed by atoms with Crippen LogP contribution in [-0.2, 0) is 0 Å². The fourth-order valence-corrected chi connectivity index (χ4v) is 0.600. The Morgan fingerprint density at radius 3 is 3.00 bits per heavy atom. The van der Waals surface area contributed by atoms with Crippen molar-refractivity contribution in [3.63, 3.8) is 0 Å². The van der Waals surface area contributed by atoms with Crippen LogP contribution in [0.4, 0.5) is 0 Å². The van der Waals surface area contributed by atoms with Crippen molar-refractivity contribution in [1.29, 1.82) is 0 Å². The molecule has 0 radical (unpaired) electrons. The molecule has 6 nitrogen and oxygen atoms in total. The molecule has 1 heterocycles. The Morgan fingerprint density at radius 2 is 2.45 bits per heavy atom. The number of H-pyrrole nitrogens is 1. The minimum atomic E-state index is -0.631. The molecule has 0 fully saturated rings. The van der Waals surface area contributed by atoms with Crippen molar-refractivity contribution in [3.05, 3.63) is 28.2 Å². The predicted molar refractivity (Wildman–Crippen MR) is 36.5 cm³/mol. The molecule has 58 valence electrons. The number of nitrogen functional groups attached to an aromatic ring is 1. The monoisotopic (exact) mass is 154 g/mol. The Hall–Kier alpha value is -1.69. The average Bonchev–Trinajstić information content (AvgIpc) is 2.04. The molecule has 4 N–H and O–H groups in total. The van der Waals surface area contributed by atoms with E-state index in [2.05, 4.69) is 10.2 Å². The summed E-state index contributed by atoms with van der Waals surface area (Å²) in [5, 5.41) is 5.50. The van der Waals surface area contributed by atoms with Gasteiger partial charge in [0.15, 0.2) is 0 Å². The van der Waals surface area contributed by atoms with E-state index in [9.17, 15) is 9.59 Å². The second-order valence-corrected chi connectivity index (χ2v) is 1.77. The fraction of sp³-hybridized carbons (Fsp3) is 0. The fourth-order valence-electron chi connectivity index (χ4n) is 0.600. The highest BCUT2D eigenvalue weighted by Gasteiger charge is 2.06. The molecule has 0 bridgehead atoms. The van der Waals surface area contributed by atoms with Crippen LogP contribution in [0.2, 0.25) is 0 Å². The van der Waals surface area contributed by atoms with Gasteiger partial charge in [-0.3, -0.25) is 15.0 Å².